The zero-order valence-corrected chi connectivity index (χ0v) is 26.1. The summed E-state index contributed by atoms with van der Waals surface area (Å²) in [6.07, 6.45) is 1.77. The summed E-state index contributed by atoms with van der Waals surface area (Å²) < 4.78 is 78.4. The maximum atomic E-state index is 15.1. The molecule has 256 valence electrons. The van der Waals surface area contributed by atoms with Gasteiger partial charge in [0.25, 0.3) is 11.8 Å². The van der Waals surface area contributed by atoms with Crippen LogP contribution in [0.15, 0.2) is 28.2 Å². The molecule has 1 aromatic heterocycles. The normalized spacial score (nSPS) is 29.7. The summed E-state index contributed by atoms with van der Waals surface area (Å²) in [7, 11) is 0. The molecule has 4 aliphatic rings. The number of allylic oxidation sites excluding steroid dienone is 2. The molecule has 6 atom stereocenters. The van der Waals surface area contributed by atoms with Crippen molar-refractivity contribution in [1.29, 1.82) is 0 Å². The summed E-state index contributed by atoms with van der Waals surface area (Å²) in [5, 5.41) is 18.5. The van der Waals surface area contributed by atoms with Gasteiger partial charge >= 0.3 is 5.97 Å². The second-order valence-electron chi connectivity index (χ2n) is 12.2. The molecule has 6 unspecified atom stereocenters. The second-order valence-corrected chi connectivity index (χ2v) is 13.4. The highest BCUT2D eigenvalue weighted by atomic mass is 35.5. The zero-order valence-electron chi connectivity index (χ0n) is 24.6. The van der Waals surface area contributed by atoms with Gasteiger partial charge in [0.15, 0.2) is 33.0 Å². The quantitative estimate of drug-likeness (QED) is 0.0724. The lowest BCUT2D eigenvalue weighted by atomic mass is 9.57. The molecule has 6 rings (SSSR count). The van der Waals surface area contributed by atoms with Gasteiger partial charge < -0.3 is 14.6 Å². The Balaban J connectivity index is 1.45. The van der Waals surface area contributed by atoms with Gasteiger partial charge in [0.05, 0.1) is 17.8 Å². The number of furan rings is 1. The number of carbonyl (C=O) groups excluding carboxylic acids is 4. The van der Waals surface area contributed by atoms with E-state index in [1.54, 1.807) is 0 Å². The second kappa shape index (κ2) is 11.9. The third kappa shape index (κ3) is 4.64. The van der Waals surface area contributed by atoms with Crippen molar-refractivity contribution >= 4 is 58.5 Å². The highest BCUT2D eigenvalue weighted by Gasteiger charge is 2.77. The molecule has 2 saturated heterocycles. The number of benzene rings is 1. The van der Waals surface area contributed by atoms with Crippen LogP contribution in [0.5, 0.6) is 0 Å². The molecule has 4 amide bonds. The molecule has 3 fully saturated rings. The summed E-state index contributed by atoms with van der Waals surface area (Å²) >= 11 is 14.0. The minimum Gasteiger partial charge on any atom is -0.481 e. The van der Waals surface area contributed by atoms with Gasteiger partial charge in [-0.1, -0.05) is 18.1 Å². The summed E-state index contributed by atoms with van der Waals surface area (Å²) in [5.74, 6) is -22.7. The Morgan fingerprint density at radius 2 is 1.54 bits per heavy atom. The predicted octanol–water partition coefficient (Wildman–Crippen LogP) is 4.68. The number of anilines is 1. The fourth-order valence-corrected chi connectivity index (χ4v) is 8.44. The Morgan fingerprint density at radius 1 is 0.896 bits per heavy atom. The lowest BCUT2D eigenvalue weighted by molar-refractivity contribution is -0.141. The number of hydrogen-bond acceptors (Lipinski definition) is 7. The number of aliphatic hydroxyl groups is 1. The van der Waals surface area contributed by atoms with Crippen LogP contribution in [-0.4, -0.2) is 61.0 Å². The van der Waals surface area contributed by atoms with Crippen molar-refractivity contribution in [3.05, 3.63) is 64.4 Å². The number of carboxylic acid groups (broad SMARTS) is 1. The molecule has 0 bridgehead atoms. The van der Waals surface area contributed by atoms with Gasteiger partial charge in [-0.2, -0.15) is 0 Å². The van der Waals surface area contributed by atoms with E-state index in [1.165, 1.54) is 18.2 Å². The molecule has 1 saturated carbocycles. The Kier molecular flexibility index (Phi) is 8.48. The Labute approximate surface area is 278 Å². The number of unbranched alkanes of at least 4 members (excludes halogenated alkanes) is 2. The third-order valence-electron chi connectivity index (χ3n) is 9.71. The van der Waals surface area contributed by atoms with Crippen molar-refractivity contribution in [1.82, 2.24) is 4.90 Å². The molecule has 10 nitrogen and oxygen atoms in total. The van der Waals surface area contributed by atoms with Gasteiger partial charge in [-0.25, -0.2) is 26.9 Å². The van der Waals surface area contributed by atoms with Crippen LogP contribution >= 0.6 is 23.2 Å². The summed E-state index contributed by atoms with van der Waals surface area (Å²) in [5.41, 5.74) is -1.67. The molecule has 1 aromatic carbocycles. The number of rotatable bonds is 9. The number of carboxylic acids is 1. The lowest BCUT2D eigenvalue weighted by Gasteiger charge is -2.49. The molecule has 2 aliphatic carbocycles. The first-order valence-electron chi connectivity index (χ1n) is 14.9. The topological polar surface area (TPSA) is 145 Å². The van der Waals surface area contributed by atoms with Gasteiger partial charge in [0.1, 0.15) is 23.8 Å². The van der Waals surface area contributed by atoms with Crippen LogP contribution in [0.25, 0.3) is 0 Å². The first-order valence-corrected chi connectivity index (χ1v) is 15.6. The van der Waals surface area contributed by atoms with E-state index in [0.717, 1.165) is 4.90 Å². The first-order chi connectivity index (χ1) is 22.6. The monoisotopic (exact) mass is 718 g/mol. The minimum absolute atomic E-state index is 0.0231. The Morgan fingerprint density at radius 3 is 2.15 bits per heavy atom. The molecule has 0 radical (unpaired) electrons. The fraction of sp³-hybridized carbons (Fsp3) is 0.452. The van der Waals surface area contributed by atoms with Gasteiger partial charge in [-0.15, -0.1) is 23.2 Å². The molecular weight excluding hydrogens is 694 g/mol. The maximum absolute atomic E-state index is 15.1. The van der Waals surface area contributed by atoms with E-state index in [1.807, 2.05) is 0 Å². The molecule has 2 N–H and O–H groups in total. The standard InChI is InChI=1S/C31H25Cl2F5N2O8/c32-30-10-15-13(6-7-14-18(15)27(45)39(26(14)44)9-3-1-2-4-17(42)43)19(16-8-5-12(11-41)48-16)31(30,33)29(47)40(28(30)46)25-23(37)21(35)20(34)22(36)24(25)38/h5-6,8,14-15,18-19,41H,1-4,7,9-11H2,(H,42,43). The van der Waals surface area contributed by atoms with Crippen LogP contribution in [0.4, 0.5) is 27.6 Å². The number of carbonyl (C=O) groups is 5. The van der Waals surface area contributed by atoms with Crippen molar-refractivity contribution in [2.75, 3.05) is 11.4 Å². The lowest BCUT2D eigenvalue weighted by Crippen LogP contribution is -2.60. The SMILES string of the molecule is O=C(O)CCCCCN1C(=O)C2CC=C3C(CC4(Cl)C(=O)N(c5c(F)c(F)c(F)c(F)c5F)C(=O)C4(Cl)C3c3ccc(CO)o3)C2C1=O. The number of aliphatic hydroxyl groups excluding tert-OH is 1. The largest absolute Gasteiger partial charge is 0.481 e. The average molecular weight is 719 g/mol. The van der Waals surface area contributed by atoms with Gasteiger partial charge in [-0.05, 0) is 43.7 Å². The number of halogens is 7. The maximum Gasteiger partial charge on any atom is 0.303 e. The van der Waals surface area contributed by atoms with Crippen molar-refractivity contribution in [3.63, 3.8) is 0 Å². The molecule has 0 spiro atoms. The van der Waals surface area contributed by atoms with Gasteiger partial charge in [-0.3, -0.25) is 28.9 Å². The summed E-state index contributed by atoms with van der Waals surface area (Å²) in [4.78, 5) is 61.7. The number of fused-ring (bicyclic) bond motifs is 4. The van der Waals surface area contributed by atoms with E-state index in [2.05, 4.69) is 0 Å². The van der Waals surface area contributed by atoms with Crippen LogP contribution in [-0.2, 0) is 30.6 Å². The number of amides is 4. The van der Waals surface area contributed by atoms with Gasteiger partial charge in [0, 0.05) is 13.0 Å². The fourth-order valence-electron chi connectivity index (χ4n) is 7.52. The van der Waals surface area contributed by atoms with Crippen LogP contribution in [0.2, 0.25) is 0 Å². The van der Waals surface area contributed by atoms with E-state index in [-0.39, 0.29) is 41.4 Å². The zero-order chi connectivity index (χ0) is 35.0. The molecule has 48 heavy (non-hydrogen) atoms. The van der Waals surface area contributed by atoms with E-state index in [9.17, 15) is 42.3 Å². The number of hydrogen-bond donors (Lipinski definition) is 2. The highest BCUT2D eigenvalue weighted by Crippen LogP contribution is 2.66. The van der Waals surface area contributed by atoms with Crippen molar-refractivity contribution in [2.24, 2.45) is 17.8 Å². The molecule has 17 heteroatoms. The van der Waals surface area contributed by atoms with E-state index in [4.69, 9.17) is 32.7 Å². The number of alkyl halides is 2. The van der Waals surface area contributed by atoms with Crippen molar-refractivity contribution < 1.29 is 60.6 Å². The van der Waals surface area contributed by atoms with Crippen molar-refractivity contribution in [3.8, 4) is 0 Å². The summed E-state index contributed by atoms with van der Waals surface area (Å²) in [6.45, 7) is -0.649. The number of imide groups is 2. The molecular formula is C31H25Cl2F5N2O8. The number of aliphatic carboxylic acids is 1. The predicted molar refractivity (Wildman–Crippen MR) is 154 cm³/mol. The Hall–Kier alpha value is -3.82. The van der Waals surface area contributed by atoms with E-state index >= 15 is 8.78 Å². The highest BCUT2D eigenvalue weighted by molar-refractivity contribution is 6.58. The van der Waals surface area contributed by atoms with Crippen molar-refractivity contribution in [2.45, 2.75) is 60.8 Å². The molecule has 2 aliphatic heterocycles. The first kappa shape index (κ1) is 34.1. The van der Waals surface area contributed by atoms with Crippen LogP contribution < -0.4 is 4.90 Å². The number of likely N-dealkylation sites (tertiary alicyclic amines) is 1. The smallest absolute Gasteiger partial charge is 0.303 e. The molecule has 2 aromatic rings. The van der Waals surface area contributed by atoms with Gasteiger partial charge in [0.2, 0.25) is 17.6 Å². The third-order valence-corrected chi connectivity index (χ3v) is 11.1. The van der Waals surface area contributed by atoms with Crippen LogP contribution in [0.1, 0.15) is 56.0 Å². The average Bonchev–Trinajstić information content (AvgIpc) is 3.66. The minimum atomic E-state index is -2.72. The molecule has 3 heterocycles. The van der Waals surface area contributed by atoms with Crippen LogP contribution in [0.3, 0.4) is 0 Å². The number of nitrogens with zero attached hydrogens (tertiary/aromatic N) is 2. The summed E-state index contributed by atoms with van der Waals surface area (Å²) in [6, 6.07) is 2.59. The van der Waals surface area contributed by atoms with E-state index in [0.29, 0.717) is 19.3 Å². The Bertz CT molecular complexity index is 1790. The van der Waals surface area contributed by atoms with E-state index < -0.39 is 111 Å². The van der Waals surface area contributed by atoms with Crippen LogP contribution in [0, 0.1) is 46.8 Å².